The number of likely N-dealkylation sites (N-methyl/N-ethyl adjacent to an activating group) is 1. The first-order chi connectivity index (χ1) is 13.3. The van der Waals surface area contributed by atoms with Crippen molar-refractivity contribution < 1.29 is 17.6 Å². The number of piperazine rings is 1. The van der Waals surface area contributed by atoms with Crippen molar-refractivity contribution in [1.82, 2.24) is 9.21 Å². The Balaban J connectivity index is 1.60. The van der Waals surface area contributed by atoms with E-state index in [0.717, 1.165) is 17.8 Å². The van der Waals surface area contributed by atoms with Gasteiger partial charge in [0.1, 0.15) is 5.82 Å². The molecule has 2 saturated heterocycles. The molecule has 2 aliphatic rings. The quantitative estimate of drug-likeness (QED) is 0.786. The molecule has 28 heavy (non-hydrogen) atoms. The van der Waals surface area contributed by atoms with Crippen molar-refractivity contribution in [3.63, 3.8) is 0 Å². The van der Waals surface area contributed by atoms with E-state index in [1.165, 1.54) is 16.4 Å². The molecule has 0 aliphatic carbocycles. The van der Waals surface area contributed by atoms with Gasteiger partial charge in [-0.1, -0.05) is 18.2 Å². The van der Waals surface area contributed by atoms with Gasteiger partial charge in [0.05, 0.1) is 17.0 Å². The Kier molecular flexibility index (Phi) is 4.73. The molecule has 1 atom stereocenters. The molecule has 2 heterocycles. The van der Waals surface area contributed by atoms with Gasteiger partial charge in [0.25, 0.3) is 0 Å². The van der Waals surface area contributed by atoms with Gasteiger partial charge in [0.15, 0.2) is 0 Å². The summed E-state index contributed by atoms with van der Waals surface area (Å²) < 4.78 is 40.6. The van der Waals surface area contributed by atoms with Crippen LogP contribution in [0.2, 0.25) is 0 Å². The number of amides is 1. The molecule has 0 aromatic heterocycles. The molecule has 2 aromatic carbocycles. The van der Waals surface area contributed by atoms with Crippen molar-refractivity contribution >= 4 is 21.6 Å². The summed E-state index contributed by atoms with van der Waals surface area (Å²) in [4.78, 5) is 16.4. The van der Waals surface area contributed by atoms with Crippen LogP contribution >= 0.6 is 0 Å². The van der Waals surface area contributed by atoms with Crippen LogP contribution in [0.4, 0.5) is 10.1 Å². The molecular weight excluding hydrogens is 381 g/mol. The summed E-state index contributed by atoms with van der Waals surface area (Å²) in [6.07, 6.45) is 0.626. The lowest BCUT2D eigenvalue weighted by Gasteiger charge is -2.46. The summed E-state index contributed by atoms with van der Waals surface area (Å²) in [5, 5.41) is 0. The highest BCUT2D eigenvalue weighted by atomic mass is 32.2. The Labute approximate surface area is 164 Å². The van der Waals surface area contributed by atoms with Crippen LogP contribution in [0.3, 0.4) is 0 Å². The van der Waals surface area contributed by atoms with E-state index in [9.17, 15) is 17.6 Å². The van der Waals surface area contributed by atoms with E-state index in [4.69, 9.17) is 0 Å². The van der Waals surface area contributed by atoms with Crippen LogP contribution in [0.25, 0.3) is 0 Å². The molecule has 148 valence electrons. The lowest BCUT2D eigenvalue weighted by Crippen LogP contribution is -2.64. The molecule has 0 radical (unpaired) electrons. The fourth-order valence-electron chi connectivity index (χ4n) is 4.02. The summed E-state index contributed by atoms with van der Waals surface area (Å²) >= 11 is 0. The fraction of sp³-hybridized carbons (Fsp3) is 0.350. The molecule has 0 bridgehead atoms. The minimum absolute atomic E-state index is 0.000772. The van der Waals surface area contributed by atoms with E-state index in [1.807, 2.05) is 42.3 Å². The summed E-state index contributed by atoms with van der Waals surface area (Å²) in [6.45, 7) is 1.32. The first-order valence-electron chi connectivity index (χ1n) is 9.14. The summed E-state index contributed by atoms with van der Waals surface area (Å²) in [5.41, 5.74) is 0.372. The first kappa shape index (κ1) is 19.0. The van der Waals surface area contributed by atoms with Gasteiger partial charge >= 0.3 is 0 Å². The van der Waals surface area contributed by atoms with Crippen molar-refractivity contribution in [1.29, 1.82) is 0 Å². The van der Waals surface area contributed by atoms with Crippen molar-refractivity contribution in [2.45, 2.75) is 16.9 Å². The van der Waals surface area contributed by atoms with Gasteiger partial charge in [0, 0.05) is 25.3 Å². The number of rotatable bonds is 3. The molecule has 0 unspecified atom stereocenters. The molecular formula is C20H22FN3O3S. The SMILES string of the molecule is CN1CC(=O)N(c2ccccc2)C[C@@]12CCN(S(=O)(=O)c1ccc(F)cc1)C2. The van der Waals surface area contributed by atoms with Crippen LogP contribution in [-0.4, -0.2) is 62.3 Å². The third kappa shape index (κ3) is 3.21. The smallest absolute Gasteiger partial charge is 0.243 e. The van der Waals surface area contributed by atoms with Gasteiger partial charge in [-0.25, -0.2) is 12.8 Å². The maximum Gasteiger partial charge on any atom is 0.243 e. The second-order valence-electron chi connectivity index (χ2n) is 7.44. The minimum Gasteiger partial charge on any atom is -0.309 e. The molecule has 0 N–H and O–H groups in total. The maximum atomic E-state index is 13.2. The number of halogens is 1. The van der Waals surface area contributed by atoms with Crippen LogP contribution < -0.4 is 4.90 Å². The van der Waals surface area contributed by atoms with Crippen molar-refractivity contribution in [3.05, 3.63) is 60.4 Å². The molecule has 1 amide bonds. The molecule has 1 spiro atoms. The average molecular weight is 403 g/mol. The zero-order valence-electron chi connectivity index (χ0n) is 15.6. The highest BCUT2D eigenvalue weighted by Gasteiger charge is 2.50. The zero-order chi connectivity index (χ0) is 19.9. The van der Waals surface area contributed by atoms with Gasteiger partial charge in [-0.05, 0) is 49.9 Å². The average Bonchev–Trinajstić information content (AvgIpc) is 3.12. The Morgan fingerprint density at radius 3 is 2.36 bits per heavy atom. The maximum absolute atomic E-state index is 13.2. The number of benzene rings is 2. The number of anilines is 1. The molecule has 2 aliphatic heterocycles. The molecule has 0 saturated carbocycles. The van der Waals surface area contributed by atoms with Crippen molar-refractivity contribution in [3.8, 4) is 0 Å². The predicted octanol–water partition coefficient (Wildman–Crippen LogP) is 1.94. The van der Waals surface area contributed by atoms with E-state index in [1.54, 1.807) is 4.90 Å². The lowest BCUT2D eigenvalue weighted by molar-refractivity contribution is -0.123. The molecule has 2 fully saturated rings. The van der Waals surface area contributed by atoms with Crippen LogP contribution in [-0.2, 0) is 14.8 Å². The monoisotopic (exact) mass is 403 g/mol. The predicted molar refractivity (Wildman–Crippen MR) is 104 cm³/mol. The highest BCUT2D eigenvalue weighted by Crippen LogP contribution is 2.35. The minimum atomic E-state index is -3.71. The second kappa shape index (κ2) is 6.95. The Morgan fingerprint density at radius 2 is 1.68 bits per heavy atom. The topological polar surface area (TPSA) is 60.9 Å². The number of sulfonamides is 1. The van der Waals surface area contributed by atoms with Crippen LogP contribution in [0.1, 0.15) is 6.42 Å². The number of carbonyl (C=O) groups excluding carboxylic acids is 1. The fourth-order valence-corrected chi connectivity index (χ4v) is 5.54. The highest BCUT2D eigenvalue weighted by molar-refractivity contribution is 7.89. The number of hydrogen-bond acceptors (Lipinski definition) is 4. The van der Waals surface area contributed by atoms with Gasteiger partial charge in [-0.15, -0.1) is 0 Å². The normalized spacial score (nSPS) is 24.2. The Bertz CT molecular complexity index is 982. The van der Waals surface area contributed by atoms with Crippen LogP contribution in [0, 0.1) is 5.82 Å². The Hall–Kier alpha value is -2.29. The zero-order valence-corrected chi connectivity index (χ0v) is 16.4. The van der Waals surface area contributed by atoms with Gasteiger partial charge in [-0.2, -0.15) is 4.31 Å². The largest absolute Gasteiger partial charge is 0.309 e. The van der Waals surface area contributed by atoms with E-state index in [2.05, 4.69) is 0 Å². The molecule has 4 rings (SSSR count). The Morgan fingerprint density at radius 1 is 1.00 bits per heavy atom. The molecule has 2 aromatic rings. The number of carbonyl (C=O) groups is 1. The van der Waals surface area contributed by atoms with E-state index in [0.29, 0.717) is 26.1 Å². The van der Waals surface area contributed by atoms with E-state index < -0.39 is 21.4 Å². The van der Waals surface area contributed by atoms with Crippen molar-refractivity contribution in [2.75, 3.05) is 38.1 Å². The molecule has 8 heteroatoms. The summed E-state index contributed by atoms with van der Waals surface area (Å²) in [7, 11) is -1.84. The van der Waals surface area contributed by atoms with Gasteiger partial charge in [-0.3, -0.25) is 9.69 Å². The van der Waals surface area contributed by atoms with Gasteiger partial charge in [0.2, 0.25) is 15.9 Å². The summed E-state index contributed by atoms with van der Waals surface area (Å²) in [5.74, 6) is -0.472. The number of para-hydroxylation sites is 1. The summed E-state index contributed by atoms with van der Waals surface area (Å²) in [6, 6.07) is 14.3. The first-order valence-corrected chi connectivity index (χ1v) is 10.6. The third-order valence-electron chi connectivity index (χ3n) is 5.75. The lowest BCUT2D eigenvalue weighted by atomic mass is 9.92. The molecule has 6 nitrogen and oxygen atoms in total. The van der Waals surface area contributed by atoms with Gasteiger partial charge < -0.3 is 4.90 Å². The van der Waals surface area contributed by atoms with E-state index >= 15 is 0 Å². The van der Waals surface area contributed by atoms with Crippen LogP contribution in [0.5, 0.6) is 0 Å². The second-order valence-corrected chi connectivity index (χ2v) is 9.38. The number of hydrogen-bond donors (Lipinski definition) is 0. The number of nitrogens with zero attached hydrogens (tertiary/aromatic N) is 3. The van der Waals surface area contributed by atoms with E-state index in [-0.39, 0.29) is 17.3 Å². The van der Waals surface area contributed by atoms with Crippen LogP contribution in [0.15, 0.2) is 59.5 Å². The third-order valence-corrected chi connectivity index (χ3v) is 7.61. The standard InChI is InChI=1S/C20H22FN3O3S/c1-22-13-19(25)24(17-5-3-2-4-6-17)15-20(22)11-12-23(14-20)28(26,27)18-9-7-16(21)8-10-18/h2-10H,11-15H2,1H3/t20-/m0/s1. The van der Waals surface area contributed by atoms with Crippen molar-refractivity contribution in [2.24, 2.45) is 0 Å².